The second-order valence-corrected chi connectivity index (χ2v) is 6.22. The molecule has 1 heterocycles. The van der Waals surface area contributed by atoms with E-state index in [9.17, 15) is 0 Å². The third kappa shape index (κ3) is 4.63. The molecule has 1 aliphatic heterocycles. The monoisotopic (exact) mass is 274 g/mol. The molecule has 1 heteroatoms. The van der Waals surface area contributed by atoms with Gasteiger partial charge in [-0.15, -0.1) is 0 Å². The van der Waals surface area contributed by atoms with Crippen LogP contribution >= 0.6 is 0 Å². The molecule has 0 aliphatic carbocycles. The Morgan fingerprint density at radius 1 is 1.00 bits per heavy atom. The highest BCUT2D eigenvalue weighted by atomic mass is 16.5. The summed E-state index contributed by atoms with van der Waals surface area (Å²) in [6.07, 6.45) is 10.7. The normalized spacial score (nSPS) is 22.9. The van der Waals surface area contributed by atoms with Gasteiger partial charge < -0.3 is 4.74 Å². The van der Waals surface area contributed by atoms with E-state index in [2.05, 4.69) is 38.1 Å². The first-order chi connectivity index (χ1) is 9.83. The molecule has 1 fully saturated rings. The summed E-state index contributed by atoms with van der Waals surface area (Å²) in [7, 11) is 0. The van der Waals surface area contributed by atoms with Gasteiger partial charge in [0.15, 0.2) is 0 Å². The highest BCUT2D eigenvalue weighted by molar-refractivity contribution is 5.25. The minimum absolute atomic E-state index is 0.525. The molecule has 1 saturated heterocycles. The van der Waals surface area contributed by atoms with Gasteiger partial charge in [0.2, 0.25) is 0 Å². The van der Waals surface area contributed by atoms with Crippen molar-refractivity contribution in [1.29, 1.82) is 0 Å². The first kappa shape index (κ1) is 15.6. The number of ether oxygens (including phenoxy) is 1. The summed E-state index contributed by atoms with van der Waals surface area (Å²) in [5, 5.41) is 0. The molecule has 1 aromatic rings. The van der Waals surface area contributed by atoms with Crippen molar-refractivity contribution in [1.82, 2.24) is 0 Å². The van der Waals surface area contributed by atoms with Crippen molar-refractivity contribution >= 4 is 0 Å². The van der Waals surface area contributed by atoms with Crippen LogP contribution in [0.2, 0.25) is 0 Å². The van der Waals surface area contributed by atoms with Gasteiger partial charge in [-0.05, 0) is 36.8 Å². The van der Waals surface area contributed by atoms with E-state index < -0.39 is 0 Å². The van der Waals surface area contributed by atoms with E-state index in [0.29, 0.717) is 12.0 Å². The van der Waals surface area contributed by atoms with Crippen molar-refractivity contribution in [2.75, 3.05) is 6.61 Å². The Balaban J connectivity index is 1.78. The largest absolute Gasteiger partial charge is 0.378 e. The second-order valence-electron chi connectivity index (χ2n) is 6.22. The molecule has 2 rings (SSSR count). The third-order valence-corrected chi connectivity index (χ3v) is 4.49. The van der Waals surface area contributed by atoms with Gasteiger partial charge in [-0.1, -0.05) is 63.8 Å². The van der Waals surface area contributed by atoms with Gasteiger partial charge in [0.1, 0.15) is 0 Å². The molecule has 0 amide bonds. The topological polar surface area (TPSA) is 9.23 Å². The summed E-state index contributed by atoms with van der Waals surface area (Å²) in [5.41, 5.74) is 2.93. The van der Waals surface area contributed by atoms with E-state index in [1.165, 1.54) is 62.5 Å². The van der Waals surface area contributed by atoms with Gasteiger partial charge in [-0.2, -0.15) is 0 Å². The number of rotatable bonds is 7. The Labute approximate surface area is 124 Å². The Morgan fingerprint density at radius 3 is 2.40 bits per heavy atom. The molecule has 0 bridgehead atoms. The zero-order valence-corrected chi connectivity index (χ0v) is 13.2. The zero-order valence-electron chi connectivity index (χ0n) is 13.2. The molecule has 2 unspecified atom stereocenters. The predicted molar refractivity (Wildman–Crippen MR) is 86.3 cm³/mol. The fourth-order valence-electron chi connectivity index (χ4n) is 3.16. The average molecular weight is 274 g/mol. The SMILES string of the molecule is CCCCCC1CCC(c2ccc(CCC)cc2)CO1. The molecule has 1 aromatic carbocycles. The summed E-state index contributed by atoms with van der Waals surface area (Å²) in [6, 6.07) is 9.23. The van der Waals surface area contributed by atoms with Crippen LogP contribution in [0.1, 0.15) is 75.8 Å². The van der Waals surface area contributed by atoms with Crippen molar-refractivity contribution in [3.05, 3.63) is 35.4 Å². The number of unbranched alkanes of at least 4 members (excludes halogenated alkanes) is 2. The molecule has 0 N–H and O–H groups in total. The highest BCUT2D eigenvalue weighted by Gasteiger charge is 2.22. The van der Waals surface area contributed by atoms with Gasteiger partial charge in [-0.25, -0.2) is 0 Å². The molecular weight excluding hydrogens is 244 g/mol. The van der Waals surface area contributed by atoms with Crippen LogP contribution in [0, 0.1) is 0 Å². The third-order valence-electron chi connectivity index (χ3n) is 4.49. The van der Waals surface area contributed by atoms with Crippen molar-refractivity contribution < 1.29 is 4.74 Å². The average Bonchev–Trinajstić information content (AvgIpc) is 2.49. The molecule has 0 saturated carbocycles. The summed E-state index contributed by atoms with van der Waals surface area (Å²) < 4.78 is 6.07. The fraction of sp³-hybridized carbons (Fsp3) is 0.684. The summed E-state index contributed by atoms with van der Waals surface area (Å²) in [5.74, 6) is 0.619. The molecule has 20 heavy (non-hydrogen) atoms. The number of hydrogen-bond acceptors (Lipinski definition) is 1. The van der Waals surface area contributed by atoms with Crippen LogP contribution in [0.5, 0.6) is 0 Å². The highest BCUT2D eigenvalue weighted by Crippen LogP contribution is 2.30. The van der Waals surface area contributed by atoms with E-state index in [1.54, 1.807) is 0 Å². The Morgan fingerprint density at radius 2 is 1.80 bits per heavy atom. The summed E-state index contributed by atoms with van der Waals surface area (Å²) in [6.45, 7) is 5.42. The second kappa shape index (κ2) is 8.46. The van der Waals surface area contributed by atoms with Crippen molar-refractivity contribution in [3.63, 3.8) is 0 Å². The van der Waals surface area contributed by atoms with Crippen LogP contribution in [-0.4, -0.2) is 12.7 Å². The first-order valence-corrected chi connectivity index (χ1v) is 8.54. The molecule has 112 valence electrons. The Hall–Kier alpha value is -0.820. The lowest BCUT2D eigenvalue weighted by molar-refractivity contribution is -0.00208. The smallest absolute Gasteiger partial charge is 0.0575 e. The van der Waals surface area contributed by atoms with Crippen molar-refractivity contribution in [3.8, 4) is 0 Å². The van der Waals surface area contributed by atoms with Gasteiger partial charge in [0.25, 0.3) is 0 Å². The van der Waals surface area contributed by atoms with E-state index >= 15 is 0 Å². The van der Waals surface area contributed by atoms with E-state index in [1.807, 2.05) is 0 Å². The molecule has 0 aromatic heterocycles. The van der Waals surface area contributed by atoms with Crippen LogP contribution in [-0.2, 0) is 11.2 Å². The predicted octanol–water partition coefficient (Wildman–Crippen LogP) is 5.48. The zero-order chi connectivity index (χ0) is 14.2. The number of aryl methyl sites for hydroxylation is 1. The lowest BCUT2D eigenvalue weighted by Gasteiger charge is -2.29. The van der Waals surface area contributed by atoms with Crippen LogP contribution in [0.15, 0.2) is 24.3 Å². The molecule has 0 spiro atoms. The Kier molecular flexibility index (Phi) is 6.59. The minimum Gasteiger partial charge on any atom is -0.378 e. The Bertz CT molecular complexity index is 360. The number of benzene rings is 1. The lowest BCUT2D eigenvalue weighted by Crippen LogP contribution is -2.24. The standard InChI is InChI=1S/C19H30O/c1-3-5-6-8-19-14-13-18(15-20-19)17-11-9-16(7-4-2)10-12-17/h9-12,18-19H,3-8,13-15H2,1-2H3. The maximum Gasteiger partial charge on any atom is 0.0575 e. The summed E-state index contributed by atoms with van der Waals surface area (Å²) in [4.78, 5) is 0. The molecular formula is C19H30O. The van der Waals surface area contributed by atoms with E-state index in [0.717, 1.165) is 6.61 Å². The molecule has 1 nitrogen and oxygen atoms in total. The fourth-order valence-corrected chi connectivity index (χ4v) is 3.16. The van der Waals surface area contributed by atoms with Crippen LogP contribution in [0.25, 0.3) is 0 Å². The van der Waals surface area contributed by atoms with Crippen molar-refractivity contribution in [2.24, 2.45) is 0 Å². The molecule has 1 aliphatic rings. The van der Waals surface area contributed by atoms with E-state index in [-0.39, 0.29) is 0 Å². The van der Waals surface area contributed by atoms with Crippen LogP contribution < -0.4 is 0 Å². The van der Waals surface area contributed by atoms with Crippen LogP contribution in [0.4, 0.5) is 0 Å². The summed E-state index contributed by atoms with van der Waals surface area (Å²) >= 11 is 0. The maximum atomic E-state index is 6.07. The minimum atomic E-state index is 0.525. The van der Waals surface area contributed by atoms with Gasteiger partial charge in [-0.3, -0.25) is 0 Å². The van der Waals surface area contributed by atoms with Crippen molar-refractivity contribution in [2.45, 2.75) is 77.2 Å². The van der Waals surface area contributed by atoms with Gasteiger partial charge in [0.05, 0.1) is 12.7 Å². The first-order valence-electron chi connectivity index (χ1n) is 8.54. The maximum absolute atomic E-state index is 6.07. The van der Waals surface area contributed by atoms with E-state index in [4.69, 9.17) is 4.74 Å². The van der Waals surface area contributed by atoms with Crippen LogP contribution in [0.3, 0.4) is 0 Å². The number of hydrogen-bond donors (Lipinski definition) is 0. The quantitative estimate of drug-likeness (QED) is 0.598. The van der Waals surface area contributed by atoms with Gasteiger partial charge >= 0.3 is 0 Å². The van der Waals surface area contributed by atoms with Gasteiger partial charge in [0, 0.05) is 5.92 Å². The molecule has 0 radical (unpaired) electrons. The molecule has 2 atom stereocenters. The lowest BCUT2D eigenvalue weighted by atomic mass is 9.89.